The van der Waals surface area contributed by atoms with E-state index < -0.39 is 0 Å². The normalized spacial score (nSPS) is 16.2. The molecule has 0 saturated carbocycles. The van der Waals surface area contributed by atoms with E-state index in [1.165, 1.54) is 0 Å². The first-order chi connectivity index (χ1) is 11.7. The molecule has 1 aliphatic rings. The largest absolute Gasteiger partial charge is 0.340 e. The molecule has 1 saturated heterocycles. The van der Waals surface area contributed by atoms with Crippen molar-refractivity contribution in [2.45, 2.75) is 32.6 Å². The predicted octanol–water partition coefficient (Wildman–Crippen LogP) is 2.06. The van der Waals surface area contributed by atoms with Gasteiger partial charge in [0.1, 0.15) is 0 Å². The van der Waals surface area contributed by atoms with E-state index in [4.69, 9.17) is 4.52 Å². The lowest BCUT2D eigenvalue weighted by molar-refractivity contribution is -0.116. The van der Waals surface area contributed by atoms with Gasteiger partial charge in [-0.25, -0.2) is 0 Å². The van der Waals surface area contributed by atoms with Gasteiger partial charge in [0.25, 0.3) is 0 Å². The molecule has 7 nitrogen and oxygen atoms in total. The van der Waals surface area contributed by atoms with Gasteiger partial charge in [-0.2, -0.15) is 4.98 Å². The van der Waals surface area contributed by atoms with Crippen molar-refractivity contribution in [2.75, 3.05) is 25.0 Å². The van der Waals surface area contributed by atoms with Crippen molar-refractivity contribution in [1.82, 2.24) is 20.0 Å². The molecule has 1 N–H and O–H groups in total. The summed E-state index contributed by atoms with van der Waals surface area (Å²) < 4.78 is 5.02. The Bertz CT molecular complexity index is 650. The third kappa shape index (κ3) is 4.86. The minimum absolute atomic E-state index is 0.0346. The van der Waals surface area contributed by atoms with E-state index in [0.29, 0.717) is 18.2 Å². The number of hydrogen-bond donors (Lipinski definition) is 1. The van der Waals surface area contributed by atoms with Crippen LogP contribution in [0.25, 0.3) is 0 Å². The molecular weight excluding hydrogens is 306 g/mol. The highest BCUT2D eigenvalue weighted by atomic mass is 16.5. The highest BCUT2D eigenvalue weighted by molar-refractivity contribution is 5.90. The minimum atomic E-state index is 0.0346. The zero-order valence-corrected chi connectivity index (χ0v) is 13.9. The number of pyridine rings is 1. The molecule has 7 heteroatoms. The molecule has 24 heavy (non-hydrogen) atoms. The molecule has 0 spiro atoms. The zero-order chi connectivity index (χ0) is 16.8. The molecule has 0 atom stereocenters. The Morgan fingerprint density at radius 3 is 2.92 bits per heavy atom. The number of hydrogen-bond acceptors (Lipinski definition) is 6. The van der Waals surface area contributed by atoms with Crippen molar-refractivity contribution in [2.24, 2.45) is 5.92 Å². The molecule has 3 rings (SSSR count). The standard InChI is InChI=1S/C17H23N5O2/c1-13-19-16(21-24-13)11-14-4-8-22(9-5-14)10-6-17(23)20-15-3-2-7-18-12-15/h2-3,7,12,14H,4-6,8-11H2,1H3,(H,20,23). The number of nitrogens with one attached hydrogen (secondary N) is 1. The second-order valence-electron chi connectivity index (χ2n) is 6.26. The third-order valence-corrected chi connectivity index (χ3v) is 4.35. The average Bonchev–Trinajstić information content (AvgIpc) is 3.00. The number of nitrogens with zero attached hydrogens (tertiary/aromatic N) is 4. The van der Waals surface area contributed by atoms with E-state index in [1.54, 1.807) is 12.4 Å². The van der Waals surface area contributed by atoms with Crippen LogP contribution in [0.5, 0.6) is 0 Å². The van der Waals surface area contributed by atoms with Gasteiger partial charge in [0.05, 0.1) is 11.9 Å². The van der Waals surface area contributed by atoms with Crippen molar-refractivity contribution in [1.29, 1.82) is 0 Å². The van der Waals surface area contributed by atoms with Gasteiger partial charge in [-0.1, -0.05) is 5.16 Å². The number of anilines is 1. The second-order valence-corrected chi connectivity index (χ2v) is 6.26. The number of likely N-dealkylation sites (tertiary alicyclic amines) is 1. The number of carbonyl (C=O) groups is 1. The van der Waals surface area contributed by atoms with Crippen LogP contribution in [-0.4, -0.2) is 45.6 Å². The Hall–Kier alpha value is -2.28. The number of aromatic nitrogens is 3. The summed E-state index contributed by atoms with van der Waals surface area (Å²) in [6.45, 7) is 4.64. The van der Waals surface area contributed by atoms with Gasteiger partial charge in [-0.15, -0.1) is 0 Å². The molecule has 0 aliphatic carbocycles. The first kappa shape index (κ1) is 16.6. The SMILES string of the molecule is Cc1nc(CC2CCN(CCC(=O)Nc3cccnc3)CC2)no1. The van der Waals surface area contributed by atoms with Gasteiger partial charge in [0.2, 0.25) is 11.8 Å². The maximum atomic E-state index is 12.0. The van der Waals surface area contributed by atoms with Crippen LogP contribution in [0.1, 0.15) is 31.0 Å². The lowest BCUT2D eigenvalue weighted by atomic mass is 9.93. The topological polar surface area (TPSA) is 84.2 Å². The lowest BCUT2D eigenvalue weighted by Gasteiger charge is -2.31. The van der Waals surface area contributed by atoms with Gasteiger partial charge in [0, 0.05) is 32.5 Å². The Kier molecular flexibility index (Phi) is 5.53. The van der Waals surface area contributed by atoms with Gasteiger partial charge < -0.3 is 14.7 Å². The molecule has 0 radical (unpaired) electrons. The summed E-state index contributed by atoms with van der Waals surface area (Å²) in [4.78, 5) is 22.6. The summed E-state index contributed by atoms with van der Waals surface area (Å²) in [5.41, 5.74) is 0.747. The summed E-state index contributed by atoms with van der Waals surface area (Å²) in [7, 11) is 0. The Morgan fingerprint density at radius 1 is 1.42 bits per heavy atom. The summed E-state index contributed by atoms with van der Waals surface area (Å²) in [5.74, 6) is 2.07. The van der Waals surface area contributed by atoms with Crippen LogP contribution in [0.2, 0.25) is 0 Å². The summed E-state index contributed by atoms with van der Waals surface area (Å²) in [6.07, 6.45) is 6.95. The van der Waals surface area contributed by atoms with Crippen molar-refractivity contribution in [3.8, 4) is 0 Å². The molecular formula is C17H23N5O2. The van der Waals surface area contributed by atoms with Gasteiger partial charge in [0.15, 0.2) is 5.82 Å². The molecule has 3 heterocycles. The number of carbonyl (C=O) groups excluding carboxylic acids is 1. The van der Waals surface area contributed by atoms with Crippen LogP contribution < -0.4 is 5.32 Å². The fourth-order valence-electron chi connectivity index (χ4n) is 3.02. The smallest absolute Gasteiger partial charge is 0.225 e. The molecule has 0 aromatic carbocycles. The van der Waals surface area contributed by atoms with Crippen LogP contribution >= 0.6 is 0 Å². The van der Waals surface area contributed by atoms with Crippen LogP contribution in [0.3, 0.4) is 0 Å². The predicted molar refractivity (Wildman–Crippen MR) is 89.4 cm³/mol. The zero-order valence-electron chi connectivity index (χ0n) is 13.9. The molecule has 2 aromatic heterocycles. The maximum Gasteiger partial charge on any atom is 0.225 e. The lowest BCUT2D eigenvalue weighted by Crippen LogP contribution is -2.36. The van der Waals surface area contributed by atoms with E-state index in [0.717, 1.165) is 50.4 Å². The number of aryl methyl sites for hydroxylation is 1. The van der Waals surface area contributed by atoms with Crippen LogP contribution in [0.15, 0.2) is 29.0 Å². The van der Waals surface area contributed by atoms with Crippen molar-refractivity contribution >= 4 is 11.6 Å². The third-order valence-electron chi connectivity index (χ3n) is 4.35. The number of piperidine rings is 1. The second kappa shape index (κ2) is 8.01. The fourth-order valence-corrected chi connectivity index (χ4v) is 3.02. The monoisotopic (exact) mass is 329 g/mol. The fraction of sp³-hybridized carbons (Fsp3) is 0.529. The summed E-state index contributed by atoms with van der Waals surface area (Å²) in [6, 6.07) is 3.65. The maximum absolute atomic E-state index is 12.0. The van der Waals surface area contributed by atoms with Gasteiger partial charge in [-0.05, 0) is 44.0 Å². The van der Waals surface area contributed by atoms with Crippen LogP contribution in [-0.2, 0) is 11.2 Å². The van der Waals surface area contributed by atoms with Gasteiger partial charge >= 0.3 is 0 Å². The van der Waals surface area contributed by atoms with E-state index >= 15 is 0 Å². The minimum Gasteiger partial charge on any atom is -0.340 e. The molecule has 2 aromatic rings. The van der Waals surface area contributed by atoms with E-state index in [2.05, 4.69) is 25.3 Å². The summed E-state index contributed by atoms with van der Waals surface area (Å²) >= 11 is 0. The Labute approximate surface area is 141 Å². The molecule has 1 amide bonds. The molecule has 1 fully saturated rings. The average molecular weight is 329 g/mol. The Balaban J connectivity index is 1.35. The Morgan fingerprint density at radius 2 is 2.25 bits per heavy atom. The molecule has 0 unspecified atom stereocenters. The quantitative estimate of drug-likeness (QED) is 0.873. The number of amides is 1. The van der Waals surface area contributed by atoms with E-state index in [-0.39, 0.29) is 5.91 Å². The van der Waals surface area contributed by atoms with E-state index in [1.807, 2.05) is 19.1 Å². The van der Waals surface area contributed by atoms with Gasteiger partial charge in [-0.3, -0.25) is 9.78 Å². The van der Waals surface area contributed by atoms with Crippen LogP contribution in [0.4, 0.5) is 5.69 Å². The van der Waals surface area contributed by atoms with Crippen molar-refractivity contribution in [3.05, 3.63) is 36.2 Å². The molecule has 1 aliphatic heterocycles. The van der Waals surface area contributed by atoms with Crippen molar-refractivity contribution in [3.63, 3.8) is 0 Å². The first-order valence-electron chi connectivity index (χ1n) is 8.40. The highest BCUT2D eigenvalue weighted by Crippen LogP contribution is 2.20. The van der Waals surface area contributed by atoms with E-state index in [9.17, 15) is 4.79 Å². The first-order valence-corrected chi connectivity index (χ1v) is 8.40. The number of rotatable bonds is 6. The van der Waals surface area contributed by atoms with Crippen LogP contribution in [0, 0.1) is 12.8 Å². The molecule has 0 bridgehead atoms. The van der Waals surface area contributed by atoms with Crippen molar-refractivity contribution < 1.29 is 9.32 Å². The molecule has 128 valence electrons. The summed E-state index contributed by atoms with van der Waals surface area (Å²) in [5, 5.41) is 6.84. The highest BCUT2D eigenvalue weighted by Gasteiger charge is 2.21.